The largest absolute Gasteiger partial charge is 0.481 e. The Hall–Kier alpha value is -1.85. The zero-order chi connectivity index (χ0) is 11.8. The van der Waals surface area contributed by atoms with Crippen molar-refractivity contribution >= 4 is 11.9 Å². The molecule has 0 saturated carbocycles. The lowest BCUT2D eigenvalue weighted by Crippen LogP contribution is -2.00. The fourth-order valence-corrected chi connectivity index (χ4v) is 0.768. The third kappa shape index (κ3) is 8.48. The molecule has 0 aliphatic carbocycles. The Morgan fingerprint density at radius 1 is 1.27 bits per heavy atom. The van der Waals surface area contributed by atoms with Crippen molar-refractivity contribution in [2.75, 3.05) is 0 Å². The molecule has 1 aromatic rings. The van der Waals surface area contributed by atoms with E-state index in [1.165, 1.54) is 0 Å². The molecular weight excluding hydrogens is 200 g/mol. The number of rotatable bonds is 3. The zero-order valence-electron chi connectivity index (χ0n) is 8.65. The van der Waals surface area contributed by atoms with Gasteiger partial charge in [-0.25, -0.2) is 0 Å². The van der Waals surface area contributed by atoms with Gasteiger partial charge in [0.1, 0.15) is 0 Å². The summed E-state index contributed by atoms with van der Waals surface area (Å²) in [5, 5.41) is 22.5. The summed E-state index contributed by atoms with van der Waals surface area (Å²) in [5.74, 6) is -2.15. The molecule has 1 heterocycles. The second-order valence-electron chi connectivity index (χ2n) is 2.98. The van der Waals surface area contributed by atoms with Crippen molar-refractivity contribution in [3.8, 4) is 0 Å². The van der Waals surface area contributed by atoms with Gasteiger partial charge in [0.2, 0.25) is 0 Å². The van der Waals surface area contributed by atoms with Crippen LogP contribution in [0.5, 0.6) is 0 Å². The number of aromatic amines is 1. The Kier molecular flexibility index (Phi) is 5.77. The van der Waals surface area contributed by atoms with Crippen LogP contribution in [0.15, 0.2) is 6.07 Å². The molecule has 15 heavy (non-hydrogen) atoms. The summed E-state index contributed by atoms with van der Waals surface area (Å²) in [6.45, 7) is 3.95. The average Bonchev–Trinajstić information content (AvgIpc) is 2.47. The maximum atomic E-state index is 9.64. The van der Waals surface area contributed by atoms with Gasteiger partial charge in [-0.1, -0.05) is 0 Å². The molecule has 0 aliphatic heterocycles. The first-order chi connectivity index (χ1) is 6.91. The van der Waals surface area contributed by atoms with Crippen molar-refractivity contribution in [1.82, 2.24) is 10.2 Å². The number of hydrogen-bond acceptors (Lipinski definition) is 3. The first-order valence-electron chi connectivity index (χ1n) is 4.34. The van der Waals surface area contributed by atoms with E-state index in [4.69, 9.17) is 10.2 Å². The summed E-state index contributed by atoms with van der Waals surface area (Å²) in [6.07, 6.45) is -0.593. The lowest BCUT2D eigenvalue weighted by atomic mass is 10.3. The minimum absolute atomic E-state index is 0.296. The van der Waals surface area contributed by atoms with E-state index < -0.39 is 11.9 Å². The van der Waals surface area contributed by atoms with Gasteiger partial charge in [-0.05, 0) is 19.9 Å². The highest BCUT2D eigenvalue weighted by Gasteiger charge is 2.00. The first-order valence-corrected chi connectivity index (χ1v) is 4.34. The molecule has 0 amide bonds. The van der Waals surface area contributed by atoms with Crippen molar-refractivity contribution in [3.05, 3.63) is 17.5 Å². The van der Waals surface area contributed by atoms with Gasteiger partial charge in [-0.3, -0.25) is 14.7 Å². The summed E-state index contributed by atoms with van der Waals surface area (Å²) in [5.41, 5.74) is 2.18. The molecule has 1 rings (SSSR count). The summed E-state index contributed by atoms with van der Waals surface area (Å²) >= 11 is 0. The van der Waals surface area contributed by atoms with E-state index >= 15 is 0 Å². The van der Waals surface area contributed by atoms with E-state index in [0.717, 1.165) is 11.4 Å². The van der Waals surface area contributed by atoms with Crippen LogP contribution in [0.25, 0.3) is 0 Å². The van der Waals surface area contributed by atoms with Crippen LogP contribution in [-0.2, 0) is 9.59 Å². The molecule has 0 unspecified atom stereocenters. The van der Waals surface area contributed by atoms with Crippen LogP contribution < -0.4 is 0 Å². The smallest absolute Gasteiger partial charge is 0.303 e. The predicted molar refractivity (Wildman–Crippen MR) is 52.6 cm³/mol. The van der Waals surface area contributed by atoms with Gasteiger partial charge in [0.25, 0.3) is 0 Å². The first kappa shape index (κ1) is 13.2. The molecule has 0 bridgehead atoms. The molecule has 6 heteroatoms. The highest BCUT2D eigenvalue weighted by Crippen LogP contribution is 1.92. The Balaban J connectivity index is 0.000000262. The van der Waals surface area contributed by atoms with Crippen LogP contribution >= 0.6 is 0 Å². The summed E-state index contributed by atoms with van der Waals surface area (Å²) in [7, 11) is 0. The van der Waals surface area contributed by atoms with E-state index in [1.807, 2.05) is 19.9 Å². The summed E-state index contributed by atoms with van der Waals surface area (Å²) < 4.78 is 0. The van der Waals surface area contributed by atoms with Crippen LogP contribution in [0.3, 0.4) is 0 Å². The van der Waals surface area contributed by atoms with Gasteiger partial charge < -0.3 is 10.2 Å². The molecule has 0 fully saturated rings. The number of aromatic nitrogens is 2. The number of aliphatic carboxylic acids is 2. The minimum Gasteiger partial charge on any atom is -0.481 e. The van der Waals surface area contributed by atoms with Crippen molar-refractivity contribution in [2.45, 2.75) is 26.7 Å². The summed E-state index contributed by atoms with van der Waals surface area (Å²) in [6, 6.07) is 2.00. The topological polar surface area (TPSA) is 103 Å². The molecule has 0 atom stereocenters. The second kappa shape index (κ2) is 6.58. The van der Waals surface area contributed by atoms with Crippen molar-refractivity contribution in [2.24, 2.45) is 0 Å². The highest BCUT2D eigenvalue weighted by atomic mass is 16.4. The zero-order valence-corrected chi connectivity index (χ0v) is 8.65. The monoisotopic (exact) mass is 214 g/mol. The molecule has 0 aromatic carbocycles. The molecule has 0 radical (unpaired) electrons. The van der Waals surface area contributed by atoms with Crippen LogP contribution in [0.2, 0.25) is 0 Å². The number of aryl methyl sites for hydroxylation is 2. The van der Waals surface area contributed by atoms with Crippen LogP contribution in [0, 0.1) is 13.8 Å². The van der Waals surface area contributed by atoms with Crippen molar-refractivity contribution in [3.63, 3.8) is 0 Å². The molecule has 84 valence electrons. The lowest BCUT2D eigenvalue weighted by molar-refractivity contribution is -0.143. The van der Waals surface area contributed by atoms with Crippen LogP contribution in [0.1, 0.15) is 24.2 Å². The molecule has 0 saturated heterocycles. The predicted octanol–water partition coefficient (Wildman–Crippen LogP) is 0.962. The fourth-order valence-electron chi connectivity index (χ4n) is 0.768. The van der Waals surface area contributed by atoms with E-state index in [-0.39, 0.29) is 12.8 Å². The van der Waals surface area contributed by atoms with Crippen LogP contribution in [-0.4, -0.2) is 32.3 Å². The number of nitrogens with one attached hydrogen (secondary N) is 1. The van der Waals surface area contributed by atoms with Gasteiger partial charge in [0, 0.05) is 5.69 Å². The van der Waals surface area contributed by atoms with Gasteiger partial charge in [-0.15, -0.1) is 0 Å². The Bertz CT molecular complexity index is 302. The number of nitrogens with zero attached hydrogens (tertiary/aromatic N) is 1. The van der Waals surface area contributed by atoms with Gasteiger partial charge >= 0.3 is 11.9 Å². The normalized spacial score (nSPS) is 8.93. The molecule has 0 aliphatic rings. The molecule has 6 nitrogen and oxygen atoms in total. The highest BCUT2D eigenvalue weighted by molar-refractivity contribution is 5.75. The van der Waals surface area contributed by atoms with Gasteiger partial charge in [-0.2, -0.15) is 5.10 Å². The number of carboxylic acids is 2. The van der Waals surface area contributed by atoms with Crippen LogP contribution in [0.4, 0.5) is 0 Å². The van der Waals surface area contributed by atoms with E-state index in [1.54, 1.807) is 0 Å². The number of carboxylic acid groups (broad SMARTS) is 2. The molecule has 0 spiro atoms. The second-order valence-corrected chi connectivity index (χ2v) is 2.98. The minimum atomic E-state index is -1.08. The van der Waals surface area contributed by atoms with E-state index in [2.05, 4.69) is 10.2 Å². The van der Waals surface area contributed by atoms with E-state index in [9.17, 15) is 9.59 Å². The fraction of sp³-hybridized carbons (Fsp3) is 0.444. The van der Waals surface area contributed by atoms with E-state index in [0.29, 0.717) is 0 Å². The third-order valence-corrected chi connectivity index (χ3v) is 1.39. The van der Waals surface area contributed by atoms with Gasteiger partial charge in [0.05, 0.1) is 18.5 Å². The lowest BCUT2D eigenvalue weighted by Gasteiger charge is -1.85. The van der Waals surface area contributed by atoms with Crippen molar-refractivity contribution in [1.29, 1.82) is 0 Å². The summed E-state index contributed by atoms with van der Waals surface area (Å²) in [4.78, 5) is 19.3. The Labute approximate surface area is 86.9 Å². The standard InChI is InChI=1S/C5H8N2.C4H6O4/c1-4-3-5(2)7-6-4;5-3(6)1-2-4(7)8/h3H,1-2H3,(H,6,7);1-2H2,(H,5,6)(H,7,8). The average molecular weight is 214 g/mol. The maximum Gasteiger partial charge on any atom is 0.303 e. The van der Waals surface area contributed by atoms with Crippen molar-refractivity contribution < 1.29 is 19.8 Å². The third-order valence-electron chi connectivity index (χ3n) is 1.39. The number of hydrogen-bond donors (Lipinski definition) is 3. The molecule has 1 aromatic heterocycles. The molecular formula is C9H14N2O4. The SMILES string of the molecule is Cc1cc(C)[nH]n1.O=C(O)CCC(=O)O. The molecule has 3 N–H and O–H groups in total. The van der Waals surface area contributed by atoms with Gasteiger partial charge in [0.15, 0.2) is 0 Å². The number of H-pyrrole nitrogens is 1. The number of carbonyl (C=O) groups is 2. The maximum absolute atomic E-state index is 9.64. The Morgan fingerprint density at radius 2 is 1.73 bits per heavy atom. The Morgan fingerprint density at radius 3 is 1.87 bits per heavy atom. The quantitative estimate of drug-likeness (QED) is 0.695.